The normalized spacial score (nSPS) is 20.9. The molecule has 3 N–H and O–H groups in total. The summed E-state index contributed by atoms with van der Waals surface area (Å²) in [5.41, 5.74) is 6.04. The van der Waals surface area contributed by atoms with E-state index in [2.05, 4.69) is 0 Å². The molecule has 0 spiro atoms. The molecule has 1 atom stereocenters. The van der Waals surface area contributed by atoms with E-state index in [-0.39, 0.29) is 29.2 Å². The minimum atomic E-state index is -2.85. The summed E-state index contributed by atoms with van der Waals surface area (Å²) in [4.78, 5) is 0. The standard InChI is InChI=1S/C13H19NO4S/c14-13(10-4-6-19(16,17)7-5-10)9-18-12-3-1-2-11(15)8-12/h1-3,8,10,13,15H,4-7,9,14H2. The van der Waals surface area contributed by atoms with Gasteiger partial charge in [-0.05, 0) is 30.9 Å². The van der Waals surface area contributed by atoms with E-state index in [4.69, 9.17) is 10.5 Å². The van der Waals surface area contributed by atoms with Crippen molar-refractivity contribution in [2.45, 2.75) is 18.9 Å². The van der Waals surface area contributed by atoms with Crippen LogP contribution in [0.4, 0.5) is 0 Å². The van der Waals surface area contributed by atoms with Crippen LogP contribution in [0.1, 0.15) is 12.8 Å². The molecule has 6 heteroatoms. The molecule has 0 aromatic heterocycles. The zero-order valence-corrected chi connectivity index (χ0v) is 11.5. The maximum atomic E-state index is 11.3. The highest BCUT2D eigenvalue weighted by Gasteiger charge is 2.27. The summed E-state index contributed by atoms with van der Waals surface area (Å²) in [6, 6.07) is 6.36. The molecule has 1 aromatic carbocycles. The number of benzene rings is 1. The first-order valence-electron chi connectivity index (χ1n) is 6.34. The Labute approximate surface area is 113 Å². The van der Waals surface area contributed by atoms with Crippen LogP contribution in [0.15, 0.2) is 24.3 Å². The Morgan fingerprint density at radius 1 is 1.37 bits per heavy atom. The van der Waals surface area contributed by atoms with E-state index < -0.39 is 9.84 Å². The number of aromatic hydroxyl groups is 1. The van der Waals surface area contributed by atoms with Crippen molar-refractivity contribution in [3.05, 3.63) is 24.3 Å². The van der Waals surface area contributed by atoms with Crippen molar-refractivity contribution in [3.63, 3.8) is 0 Å². The molecule has 19 heavy (non-hydrogen) atoms. The van der Waals surface area contributed by atoms with Gasteiger partial charge in [0.25, 0.3) is 0 Å². The fourth-order valence-electron chi connectivity index (χ4n) is 2.24. The van der Waals surface area contributed by atoms with Crippen molar-refractivity contribution in [2.75, 3.05) is 18.1 Å². The number of ether oxygens (including phenoxy) is 1. The maximum Gasteiger partial charge on any atom is 0.150 e. The first kappa shape index (κ1) is 14.1. The van der Waals surface area contributed by atoms with Crippen molar-refractivity contribution in [1.82, 2.24) is 0 Å². The molecular weight excluding hydrogens is 266 g/mol. The van der Waals surface area contributed by atoms with Crippen molar-refractivity contribution in [3.8, 4) is 11.5 Å². The Bertz CT molecular complexity index is 515. The van der Waals surface area contributed by atoms with Crippen LogP contribution >= 0.6 is 0 Å². The number of rotatable bonds is 4. The average Bonchev–Trinajstić information content (AvgIpc) is 2.36. The second kappa shape index (κ2) is 5.79. The number of hydrogen-bond acceptors (Lipinski definition) is 5. The van der Waals surface area contributed by atoms with E-state index in [0.29, 0.717) is 25.2 Å². The summed E-state index contributed by atoms with van der Waals surface area (Å²) in [7, 11) is -2.85. The van der Waals surface area contributed by atoms with E-state index in [1.807, 2.05) is 0 Å². The highest BCUT2D eigenvalue weighted by molar-refractivity contribution is 7.91. The third-order valence-electron chi connectivity index (χ3n) is 3.46. The highest BCUT2D eigenvalue weighted by atomic mass is 32.2. The van der Waals surface area contributed by atoms with Gasteiger partial charge in [0.1, 0.15) is 27.9 Å². The van der Waals surface area contributed by atoms with Gasteiger partial charge in [0, 0.05) is 12.1 Å². The molecule has 1 aromatic rings. The zero-order chi connectivity index (χ0) is 13.9. The molecule has 0 radical (unpaired) electrons. The zero-order valence-electron chi connectivity index (χ0n) is 10.7. The first-order valence-corrected chi connectivity index (χ1v) is 8.16. The molecule has 0 saturated carbocycles. The second-order valence-corrected chi connectivity index (χ2v) is 7.27. The predicted octanol–water partition coefficient (Wildman–Crippen LogP) is 0.923. The van der Waals surface area contributed by atoms with E-state index in [1.165, 1.54) is 6.07 Å². The Morgan fingerprint density at radius 3 is 2.68 bits per heavy atom. The summed E-state index contributed by atoms with van der Waals surface area (Å²) in [5, 5.41) is 9.31. The molecule has 5 nitrogen and oxygen atoms in total. The van der Waals surface area contributed by atoms with Crippen LogP contribution in [-0.4, -0.2) is 37.7 Å². The van der Waals surface area contributed by atoms with Gasteiger partial charge < -0.3 is 15.6 Å². The number of hydrogen-bond donors (Lipinski definition) is 2. The van der Waals surface area contributed by atoms with Gasteiger partial charge in [0.2, 0.25) is 0 Å². The average molecular weight is 285 g/mol. The van der Waals surface area contributed by atoms with Crippen LogP contribution in [-0.2, 0) is 9.84 Å². The third-order valence-corrected chi connectivity index (χ3v) is 5.18. The Kier molecular flexibility index (Phi) is 4.31. The number of nitrogens with two attached hydrogens (primary N) is 1. The lowest BCUT2D eigenvalue weighted by molar-refractivity contribution is 0.236. The van der Waals surface area contributed by atoms with Crippen LogP contribution in [0.25, 0.3) is 0 Å². The summed E-state index contributed by atoms with van der Waals surface area (Å²) >= 11 is 0. The predicted molar refractivity (Wildman–Crippen MR) is 73.0 cm³/mol. The molecule has 1 saturated heterocycles. The molecule has 1 unspecified atom stereocenters. The van der Waals surface area contributed by atoms with E-state index >= 15 is 0 Å². The Hall–Kier alpha value is -1.27. The van der Waals surface area contributed by atoms with Crippen molar-refractivity contribution in [2.24, 2.45) is 11.7 Å². The van der Waals surface area contributed by atoms with Gasteiger partial charge in [-0.2, -0.15) is 0 Å². The quantitative estimate of drug-likeness (QED) is 0.858. The van der Waals surface area contributed by atoms with Gasteiger partial charge in [-0.1, -0.05) is 6.07 Å². The van der Waals surface area contributed by atoms with Crippen LogP contribution in [0.5, 0.6) is 11.5 Å². The molecular formula is C13H19NO4S. The molecule has 1 aliphatic heterocycles. The van der Waals surface area contributed by atoms with E-state index in [0.717, 1.165) is 0 Å². The first-order chi connectivity index (χ1) is 8.96. The van der Waals surface area contributed by atoms with E-state index in [1.54, 1.807) is 18.2 Å². The fraction of sp³-hybridized carbons (Fsp3) is 0.538. The second-order valence-electron chi connectivity index (χ2n) is 4.96. The molecule has 106 valence electrons. The Balaban J connectivity index is 1.83. The molecule has 1 aliphatic rings. The minimum absolute atomic E-state index is 0.148. The molecule has 0 aliphatic carbocycles. The number of phenols is 1. The number of phenolic OH excluding ortho intramolecular Hbond substituents is 1. The number of sulfone groups is 1. The van der Waals surface area contributed by atoms with Crippen molar-refractivity contribution < 1.29 is 18.3 Å². The monoisotopic (exact) mass is 285 g/mol. The molecule has 0 amide bonds. The van der Waals surface area contributed by atoms with Gasteiger partial charge in [0.15, 0.2) is 0 Å². The summed E-state index contributed by atoms with van der Waals surface area (Å²) in [6.45, 7) is 0.328. The maximum absolute atomic E-state index is 11.3. The summed E-state index contributed by atoms with van der Waals surface area (Å²) in [6.07, 6.45) is 1.21. The fourth-order valence-corrected chi connectivity index (χ4v) is 3.77. The van der Waals surface area contributed by atoms with Crippen LogP contribution in [0.3, 0.4) is 0 Å². The molecule has 1 heterocycles. The summed E-state index contributed by atoms with van der Waals surface area (Å²) in [5.74, 6) is 1.34. The lowest BCUT2D eigenvalue weighted by Crippen LogP contribution is -2.40. The van der Waals surface area contributed by atoms with Crippen LogP contribution in [0, 0.1) is 5.92 Å². The van der Waals surface area contributed by atoms with Crippen LogP contribution in [0.2, 0.25) is 0 Å². The van der Waals surface area contributed by atoms with Gasteiger partial charge >= 0.3 is 0 Å². The minimum Gasteiger partial charge on any atom is -0.508 e. The third kappa shape index (κ3) is 4.11. The lowest BCUT2D eigenvalue weighted by atomic mass is 9.95. The van der Waals surface area contributed by atoms with Crippen molar-refractivity contribution >= 4 is 9.84 Å². The largest absolute Gasteiger partial charge is 0.508 e. The van der Waals surface area contributed by atoms with Gasteiger partial charge in [-0.3, -0.25) is 0 Å². The summed E-state index contributed by atoms with van der Waals surface area (Å²) < 4.78 is 28.2. The van der Waals surface area contributed by atoms with Gasteiger partial charge in [-0.25, -0.2) is 8.42 Å². The smallest absolute Gasteiger partial charge is 0.150 e. The molecule has 1 fully saturated rings. The van der Waals surface area contributed by atoms with E-state index in [9.17, 15) is 13.5 Å². The Morgan fingerprint density at radius 2 is 2.05 bits per heavy atom. The SMILES string of the molecule is NC(COc1cccc(O)c1)C1CCS(=O)(=O)CC1. The van der Waals surface area contributed by atoms with Crippen LogP contribution < -0.4 is 10.5 Å². The van der Waals surface area contributed by atoms with Gasteiger partial charge in [0.05, 0.1) is 11.5 Å². The van der Waals surface area contributed by atoms with Gasteiger partial charge in [-0.15, -0.1) is 0 Å². The molecule has 0 bridgehead atoms. The van der Waals surface area contributed by atoms with Crippen molar-refractivity contribution in [1.29, 1.82) is 0 Å². The lowest BCUT2D eigenvalue weighted by Gasteiger charge is -2.27. The topological polar surface area (TPSA) is 89.6 Å². The highest BCUT2D eigenvalue weighted by Crippen LogP contribution is 2.23. The molecule has 2 rings (SSSR count).